The summed E-state index contributed by atoms with van der Waals surface area (Å²) in [5.41, 5.74) is 21.0. The standard InChI is InChI=1S/C62H47BN2O4/c1-37-30-53-61-54(31-37)65(44-22-27-57-60(36-44)67-29-9-28-66-57)52-26-19-42(62(2,3)4)35-50(52)63(61)49-32-39(41-17-24-48-46-11-6-8-13-56(46)69-59(48)34-41)18-25-51(49)64(53)43-20-14-38(15-21-43)40-16-23-47-45-10-5-7-12-55(45)68-58(47)33-40/h5-8,10-27,30-36H,9,28-29H2,1-4H3. The fraction of sp³-hybridized carbons (Fsp3) is 0.129. The molecule has 0 amide bonds. The Bertz CT molecular complexity index is 3910. The van der Waals surface area contributed by atoms with Gasteiger partial charge in [0.2, 0.25) is 0 Å². The normalized spacial score (nSPS) is 14.1. The first kappa shape index (κ1) is 40.0. The maximum absolute atomic E-state index is 6.45. The van der Waals surface area contributed by atoms with Crippen molar-refractivity contribution in [2.24, 2.45) is 0 Å². The molecule has 0 spiro atoms. The number of nitrogens with zero attached hydrogens (tertiary/aromatic N) is 2. The highest BCUT2D eigenvalue weighted by molar-refractivity contribution is 7.00. The maximum Gasteiger partial charge on any atom is 0.252 e. The summed E-state index contributed by atoms with van der Waals surface area (Å²) in [4.78, 5) is 4.94. The molecule has 7 heteroatoms. The van der Waals surface area contributed by atoms with Gasteiger partial charge < -0.3 is 28.1 Å². The van der Waals surface area contributed by atoms with Crippen LogP contribution in [0.5, 0.6) is 11.5 Å². The first-order chi connectivity index (χ1) is 33.7. The van der Waals surface area contributed by atoms with Crippen molar-refractivity contribution in [3.8, 4) is 33.8 Å². The van der Waals surface area contributed by atoms with E-state index in [0.29, 0.717) is 13.2 Å². The molecule has 3 aliphatic heterocycles. The van der Waals surface area contributed by atoms with Crippen LogP contribution >= 0.6 is 0 Å². The zero-order chi connectivity index (χ0) is 46.1. The fourth-order valence-corrected chi connectivity index (χ4v) is 11.2. The van der Waals surface area contributed by atoms with Gasteiger partial charge in [-0.3, -0.25) is 0 Å². The van der Waals surface area contributed by atoms with E-state index in [0.717, 1.165) is 112 Å². The molecule has 0 fully saturated rings. The lowest BCUT2D eigenvalue weighted by Crippen LogP contribution is -2.61. The Morgan fingerprint density at radius 3 is 1.62 bits per heavy atom. The Balaban J connectivity index is 0.984. The molecule has 2 aromatic heterocycles. The number of hydrogen-bond acceptors (Lipinski definition) is 6. The summed E-state index contributed by atoms with van der Waals surface area (Å²) in [6.07, 6.45) is 0.847. The molecule has 0 radical (unpaired) electrons. The lowest BCUT2D eigenvalue weighted by Gasteiger charge is -2.45. The number of benzene rings is 9. The predicted octanol–water partition coefficient (Wildman–Crippen LogP) is 14.7. The van der Waals surface area contributed by atoms with Crippen LogP contribution in [0.3, 0.4) is 0 Å². The first-order valence-electron chi connectivity index (χ1n) is 24.1. The number of furan rings is 2. The molecule has 332 valence electrons. The molecule has 9 aromatic carbocycles. The summed E-state index contributed by atoms with van der Waals surface area (Å²) in [7, 11) is 0. The SMILES string of the molecule is Cc1cc2c3c(c1)N(c1ccc4c(c1)OCCCO4)c1ccc(C(C)(C)C)cc1B3c1cc(-c3ccc4c(c3)oc3ccccc34)ccc1N2c1ccc(-c2ccc3c(c2)oc2ccccc23)cc1. The van der Waals surface area contributed by atoms with Crippen LogP contribution in [-0.4, -0.2) is 19.9 Å². The predicted molar refractivity (Wildman–Crippen MR) is 285 cm³/mol. The molecule has 0 N–H and O–H groups in total. The van der Waals surface area contributed by atoms with Crippen LogP contribution in [0.2, 0.25) is 0 Å². The molecule has 3 aliphatic rings. The number of rotatable bonds is 4. The minimum absolute atomic E-state index is 0.0690. The van der Waals surface area contributed by atoms with Crippen LogP contribution in [0.15, 0.2) is 185 Å². The third-order valence-corrected chi connectivity index (χ3v) is 14.6. The smallest absolute Gasteiger partial charge is 0.252 e. The highest BCUT2D eigenvalue weighted by atomic mass is 16.5. The number of aryl methyl sites for hydroxylation is 1. The van der Waals surface area contributed by atoms with E-state index >= 15 is 0 Å². The lowest BCUT2D eigenvalue weighted by atomic mass is 9.33. The zero-order valence-corrected chi connectivity index (χ0v) is 39.0. The van der Waals surface area contributed by atoms with Gasteiger partial charge in [0, 0.05) is 62.5 Å². The van der Waals surface area contributed by atoms with E-state index in [1.807, 2.05) is 24.3 Å². The summed E-state index contributed by atoms with van der Waals surface area (Å²) in [6.45, 7) is 10.3. The summed E-state index contributed by atoms with van der Waals surface area (Å²) < 4.78 is 25.3. The number of hydrogen-bond donors (Lipinski definition) is 0. The average molecular weight is 895 g/mol. The Morgan fingerprint density at radius 1 is 0.435 bits per heavy atom. The topological polar surface area (TPSA) is 51.2 Å². The van der Waals surface area contributed by atoms with Gasteiger partial charge in [0.15, 0.2) is 11.5 Å². The third-order valence-electron chi connectivity index (χ3n) is 14.6. The maximum atomic E-state index is 6.45. The van der Waals surface area contributed by atoms with Gasteiger partial charge in [-0.2, -0.15) is 0 Å². The van der Waals surface area contributed by atoms with Gasteiger partial charge in [0.1, 0.15) is 22.3 Å². The second-order valence-corrected chi connectivity index (χ2v) is 20.0. The van der Waals surface area contributed by atoms with Gasteiger partial charge in [-0.25, -0.2) is 0 Å². The summed E-state index contributed by atoms with van der Waals surface area (Å²) in [5, 5.41) is 4.52. The van der Waals surface area contributed by atoms with Crippen molar-refractivity contribution in [3.63, 3.8) is 0 Å². The van der Waals surface area contributed by atoms with E-state index in [-0.39, 0.29) is 12.1 Å². The number of ether oxygens (including phenoxy) is 2. The van der Waals surface area contributed by atoms with Crippen LogP contribution in [0, 0.1) is 6.92 Å². The van der Waals surface area contributed by atoms with E-state index in [9.17, 15) is 0 Å². The quantitative estimate of drug-likeness (QED) is 0.164. The van der Waals surface area contributed by atoms with E-state index in [4.69, 9.17) is 18.3 Å². The Kier molecular flexibility index (Phi) is 8.64. The minimum atomic E-state index is -0.0739. The molecule has 69 heavy (non-hydrogen) atoms. The van der Waals surface area contributed by atoms with Gasteiger partial charge in [-0.1, -0.05) is 106 Å². The molecule has 0 saturated carbocycles. The van der Waals surface area contributed by atoms with Crippen molar-refractivity contribution < 1.29 is 18.3 Å². The van der Waals surface area contributed by atoms with E-state index in [2.05, 4.69) is 189 Å². The molecule has 6 nitrogen and oxygen atoms in total. The molecular formula is C62H47BN2O4. The Hall–Kier alpha value is -8.16. The van der Waals surface area contributed by atoms with Gasteiger partial charge in [0.25, 0.3) is 6.71 Å². The Labute approximate surface area is 401 Å². The number of para-hydroxylation sites is 2. The monoisotopic (exact) mass is 894 g/mol. The van der Waals surface area contributed by atoms with Crippen molar-refractivity contribution in [3.05, 3.63) is 187 Å². The third kappa shape index (κ3) is 6.26. The van der Waals surface area contributed by atoms with Crippen molar-refractivity contribution >= 4 is 101 Å². The van der Waals surface area contributed by atoms with Gasteiger partial charge in [0.05, 0.1) is 18.9 Å². The Morgan fingerprint density at radius 2 is 0.957 bits per heavy atom. The molecule has 0 bridgehead atoms. The van der Waals surface area contributed by atoms with Crippen LogP contribution in [0.25, 0.3) is 66.1 Å². The highest BCUT2D eigenvalue weighted by Crippen LogP contribution is 2.48. The molecule has 11 aromatic rings. The molecule has 14 rings (SSSR count). The summed E-state index contributed by atoms with van der Waals surface area (Å²) in [5.74, 6) is 1.56. The van der Waals surface area contributed by atoms with E-state index in [1.54, 1.807) is 0 Å². The second-order valence-electron chi connectivity index (χ2n) is 20.0. The van der Waals surface area contributed by atoms with Gasteiger partial charge in [-0.05, 0) is 147 Å². The zero-order valence-electron chi connectivity index (χ0n) is 39.0. The molecule has 0 saturated heterocycles. The van der Waals surface area contributed by atoms with Crippen molar-refractivity contribution in [2.45, 2.75) is 39.5 Å². The van der Waals surface area contributed by atoms with Crippen molar-refractivity contribution in [1.82, 2.24) is 0 Å². The lowest BCUT2D eigenvalue weighted by molar-refractivity contribution is 0.297. The molecule has 0 unspecified atom stereocenters. The molecule has 0 aliphatic carbocycles. The second kappa shape index (κ2) is 14.9. The minimum Gasteiger partial charge on any atom is -0.490 e. The average Bonchev–Trinajstić information content (AvgIpc) is 3.84. The van der Waals surface area contributed by atoms with Gasteiger partial charge in [-0.15, -0.1) is 0 Å². The number of anilines is 6. The molecular weight excluding hydrogens is 848 g/mol. The summed E-state index contributed by atoms with van der Waals surface area (Å²) in [6, 6.07) is 64.2. The molecule has 5 heterocycles. The van der Waals surface area contributed by atoms with Crippen molar-refractivity contribution in [1.29, 1.82) is 0 Å². The summed E-state index contributed by atoms with van der Waals surface area (Å²) >= 11 is 0. The van der Waals surface area contributed by atoms with Crippen LogP contribution in [0.4, 0.5) is 34.1 Å². The van der Waals surface area contributed by atoms with Gasteiger partial charge >= 0.3 is 0 Å². The van der Waals surface area contributed by atoms with E-state index < -0.39 is 0 Å². The fourth-order valence-electron chi connectivity index (χ4n) is 11.2. The number of fused-ring (bicyclic) bond motifs is 11. The van der Waals surface area contributed by atoms with E-state index in [1.165, 1.54) is 33.2 Å². The van der Waals surface area contributed by atoms with Crippen LogP contribution in [-0.2, 0) is 5.41 Å². The highest BCUT2D eigenvalue weighted by Gasteiger charge is 2.44. The van der Waals surface area contributed by atoms with Crippen LogP contribution in [0.1, 0.15) is 38.3 Å². The largest absolute Gasteiger partial charge is 0.490 e. The van der Waals surface area contributed by atoms with Crippen LogP contribution < -0.4 is 35.7 Å². The molecule has 0 atom stereocenters. The first-order valence-corrected chi connectivity index (χ1v) is 24.1. The van der Waals surface area contributed by atoms with Crippen molar-refractivity contribution in [2.75, 3.05) is 23.0 Å².